The van der Waals surface area contributed by atoms with Crippen LogP contribution in [0.3, 0.4) is 0 Å². The molecule has 0 atom stereocenters. The van der Waals surface area contributed by atoms with E-state index in [1.165, 1.54) is 31.2 Å². The highest BCUT2D eigenvalue weighted by Crippen LogP contribution is 2.40. The Morgan fingerprint density at radius 2 is 1.82 bits per heavy atom. The fraction of sp³-hybridized carbons (Fsp3) is 0.571. The van der Waals surface area contributed by atoms with E-state index in [0.29, 0.717) is 18.3 Å². The summed E-state index contributed by atoms with van der Waals surface area (Å²) in [5.74, 6) is 2.05. The van der Waals surface area contributed by atoms with Gasteiger partial charge in [-0.15, -0.1) is 24.0 Å². The van der Waals surface area contributed by atoms with Crippen LogP contribution in [0, 0.1) is 0 Å². The van der Waals surface area contributed by atoms with Crippen molar-refractivity contribution in [2.24, 2.45) is 4.99 Å². The Hall–Kier alpha value is -1.64. The molecule has 154 valence electrons. The number of nitrogens with one attached hydrogen (secondary N) is 2. The predicted octanol–water partition coefficient (Wildman–Crippen LogP) is 4.16. The molecule has 6 nitrogen and oxygen atoms in total. The first-order chi connectivity index (χ1) is 12.9. The largest absolute Gasteiger partial charge is 0.356 e. The smallest absolute Gasteiger partial charge is 0.232 e. The molecule has 1 aromatic heterocycles. The molecule has 1 aliphatic rings. The fourth-order valence-electron chi connectivity index (χ4n) is 3.68. The summed E-state index contributed by atoms with van der Waals surface area (Å²) in [5.41, 5.74) is 1.46. The molecule has 0 radical (unpaired) electrons. The van der Waals surface area contributed by atoms with Crippen molar-refractivity contribution in [3.63, 3.8) is 0 Å². The molecular weight excluding hydrogens is 465 g/mol. The van der Waals surface area contributed by atoms with Crippen molar-refractivity contribution in [2.75, 3.05) is 13.6 Å². The van der Waals surface area contributed by atoms with Crippen molar-refractivity contribution in [1.29, 1.82) is 0 Å². The van der Waals surface area contributed by atoms with Gasteiger partial charge in [0.15, 0.2) is 11.8 Å². The quantitative estimate of drug-likeness (QED) is 0.369. The van der Waals surface area contributed by atoms with Crippen LogP contribution in [0.2, 0.25) is 0 Å². The average Bonchev–Trinajstić information content (AvgIpc) is 3.33. The monoisotopic (exact) mass is 497 g/mol. The third-order valence-corrected chi connectivity index (χ3v) is 5.29. The fourth-order valence-corrected chi connectivity index (χ4v) is 3.68. The van der Waals surface area contributed by atoms with Gasteiger partial charge in [-0.05, 0) is 18.4 Å². The molecular formula is C21H32IN5O. The van der Waals surface area contributed by atoms with E-state index in [-0.39, 0.29) is 34.8 Å². The molecule has 0 bridgehead atoms. The number of hydrogen-bond donors (Lipinski definition) is 2. The van der Waals surface area contributed by atoms with Crippen LogP contribution < -0.4 is 10.6 Å². The lowest BCUT2D eigenvalue weighted by atomic mass is 9.79. The Morgan fingerprint density at radius 3 is 2.39 bits per heavy atom. The molecule has 0 spiro atoms. The van der Waals surface area contributed by atoms with Crippen molar-refractivity contribution in [3.8, 4) is 0 Å². The number of hydrogen-bond acceptors (Lipinski definition) is 4. The van der Waals surface area contributed by atoms with E-state index in [9.17, 15) is 0 Å². The molecule has 0 saturated heterocycles. The number of halogens is 1. The van der Waals surface area contributed by atoms with Gasteiger partial charge < -0.3 is 15.2 Å². The second-order valence-corrected chi connectivity index (χ2v) is 8.40. The maximum Gasteiger partial charge on any atom is 0.232 e. The van der Waals surface area contributed by atoms with Crippen LogP contribution in [-0.4, -0.2) is 29.7 Å². The van der Waals surface area contributed by atoms with Gasteiger partial charge in [0.25, 0.3) is 0 Å². The number of benzene rings is 1. The van der Waals surface area contributed by atoms with Crippen LogP contribution >= 0.6 is 24.0 Å². The molecule has 0 unspecified atom stereocenters. The highest BCUT2D eigenvalue weighted by atomic mass is 127. The minimum absolute atomic E-state index is 0. The molecule has 3 rings (SSSR count). The summed E-state index contributed by atoms with van der Waals surface area (Å²) >= 11 is 0. The number of aromatic nitrogens is 2. The summed E-state index contributed by atoms with van der Waals surface area (Å²) in [7, 11) is 1.79. The van der Waals surface area contributed by atoms with Gasteiger partial charge >= 0.3 is 0 Å². The summed E-state index contributed by atoms with van der Waals surface area (Å²) in [6, 6.07) is 10.8. The van der Waals surface area contributed by atoms with Gasteiger partial charge in [-0.1, -0.05) is 69.1 Å². The van der Waals surface area contributed by atoms with Crippen LogP contribution in [0.1, 0.15) is 63.7 Å². The van der Waals surface area contributed by atoms with E-state index in [1.54, 1.807) is 7.05 Å². The minimum Gasteiger partial charge on any atom is -0.356 e. The van der Waals surface area contributed by atoms with E-state index >= 15 is 0 Å². The first-order valence-electron chi connectivity index (χ1n) is 9.76. The van der Waals surface area contributed by atoms with Crippen LogP contribution in [0.4, 0.5) is 0 Å². The second kappa shape index (κ2) is 9.71. The first kappa shape index (κ1) is 22.6. The van der Waals surface area contributed by atoms with Gasteiger partial charge in [0, 0.05) is 24.4 Å². The Kier molecular flexibility index (Phi) is 7.86. The minimum atomic E-state index is -0.143. The molecule has 1 fully saturated rings. The average molecular weight is 497 g/mol. The highest BCUT2D eigenvalue weighted by Gasteiger charge is 2.35. The number of rotatable bonds is 5. The maximum absolute atomic E-state index is 5.35. The summed E-state index contributed by atoms with van der Waals surface area (Å²) < 4.78 is 5.35. The molecule has 2 N–H and O–H groups in total. The van der Waals surface area contributed by atoms with Crippen LogP contribution in [0.25, 0.3) is 0 Å². The topological polar surface area (TPSA) is 75.3 Å². The lowest BCUT2D eigenvalue weighted by Gasteiger charge is -2.30. The zero-order chi connectivity index (χ0) is 19.3. The summed E-state index contributed by atoms with van der Waals surface area (Å²) in [6.07, 6.45) is 4.98. The molecule has 1 saturated carbocycles. The van der Waals surface area contributed by atoms with Crippen molar-refractivity contribution >= 4 is 29.9 Å². The van der Waals surface area contributed by atoms with E-state index in [2.05, 4.69) is 76.9 Å². The molecule has 7 heteroatoms. The summed E-state index contributed by atoms with van der Waals surface area (Å²) in [5, 5.41) is 10.9. The number of aliphatic imine (C=N–C) groups is 1. The van der Waals surface area contributed by atoms with Gasteiger partial charge in [-0.2, -0.15) is 4.98 Å². The standard InChI is InChI=1S/C21H31N5O.HI/c1-20(2,3)18-25-17(26-27-18)14-23-19(22-4)24-15-21(12-8-9-13-21)16-10-6-5-7-11-16;/h5-7,10-11H,8-9,12-15H2,1-4H3,(H2,22,23,24);1H. The highest BCUT2D eigenvalue weighted by molar-refractivity contribution is 14.0. The van der Waals surface area contributed by atoms with Gasteiger partial charge in [0.1, 0.15) is 0 Å². The Labute approximate surface area is 185 Å². The van der Waals surface area contributed by atoms with E-state index in [1.807, 2.05) is 0 Å². The lowest BCUT2D eigenvalue weighted by Crippen LogP contribution is -2.44. The zero-order valence-electron chi connectivity index (χ0n) is 17.3. The first-order valence-corrected chi connectivity index (χ1v) is 9.76. The summed E-state index contributed by atoms with van der Waals surface area (Å²) in [4.78, 5) is 8.82. The Balaban J connectivity index is 0.00000280. The van der Waals surface area contributed by atoms with E-state index in [4.69, 9.17) is 4.52 Å². The zero-order valence-corrected chi connectivity index (χ0v) is 19.6. The van der Waals surface area contributed by atoms with Gasteiger partial charge in [-0.3, -0.25) is 4.99 Å². The van der Waals surface area contributed by atoms with Crippen molar-refractivity contribution in [1.82, 2.24) is 20.8 Å². The van der Waals surface area contributed by atoms with E-state index < -0.39 is 0 Å². The van der Waals surface area contributed by atoms with Crippen LogP contribution in [0.5, 0.6) is 0 Å². The van der Waals surface area contributed by atoms with Crippen LogP contribution in [-0.2, 0) is 17.4 Å². The lowest BCUT2D eigenvalue weighted by molar-refractivity contribution is 0.318. The van der Waals surface area contributed by atoms with Gasteiger partial charge in [0.2, 0.25) is 5.89 Å². The Bertz CT molecular complexity index is 761. The SMILES string of the molecule is CN=C(NCc1noc(C(C)(C)C)n1)NCC1(c2ccccc2)CCCC1.I. The molecule has 1 heterocycles. The molecule has 0 aliphatic heterocycles. The predicted molar refractivity (Wildman–Crippen MR) is 123 cm³/mol. The second-order valence-electron chi connectivity index (χ2n) is 8.40. The van der Waals surface area contributed by atoms with Crippen molar-refractivity contribution in [3.05, 3.63) is 47.6 Å². The molecule has 1 aliphatic carbocycles. The normalized spacial score (nSPS) is 16.5. The van der Waals surface area contributed by atoms with Crippen molar-refractivity contribution in [2.45, 2.75) is 63.8 Å². The van der Waals surface area contributed by atoms with E-state index in [0.717, 1.165) is 12.5 Å². The molecule has 28 heavy (non-hydrogen) atoms. The third kappa shape index (κ3) is 5.46. The maximum atomic E-state index is 5.35. The number of nitrogens with zero attached hydrogens (tertiary/aromatic N) is 3. The molecule has 2 aromatic rings. The molecule has 1 aromatic carbocycles. The van der Waals surface area contributed by atoms with Gasteiger partial charge in [-0.25, -0.2) is 0 Å². The van der Waals surface area contributed by atoms with Crippen LogP contribution in [0.15, 0.2) is 39.8 Å². The van der Waals surface area contributed by atoms with Crippen molar-refractivity contribution < 1.29 is 4.52 Å². The summed E-state index contributed by atoms with van der Waals surface area (Å²) in [6.45, 7) is 7.53. The third-order valence-electron chi connectivity index (χ3n) is 5.29. The number of guanidine groups is 1. The van der Waals surface area contributed by atoms with Gasteiger partial charge in [0.05, 0.1) is 6.54 Å². The molecule has 0 amide bonds. The Morgan fingerprint density at radius 1 is 1.14 bits per heavy atom.